The van der Waals surface area contributed by atoms with E-state index in [2.05, 4.69) is 0 Å². The number of carbonyl (C=O) groups is 2. The minimum absolute atomic E-state index is 0.250. The Bertz CT molecular complexity index is 436. The fourth-order valence-corrected chi connectivity index (χ4v) is 1.64. The standard InChI is InChI=1S/C10H12N2O4S/c1-15-6-3-4-8(16-2)7(5-6)9(13)17-10(14)12-11/h3-5H,11H2,1-2H3,(H,12,14). The molecule has 0 fully saturated rings. The van der Waals surface area contributed by atoms with E-state index in [0.717, 1.165) is 0 Å². The van der Waals surface area contributed by atoms with Crippen molar-refractivity contribution in [1.29, 1.82) is 0 Å². The van der Waals surface area contributed by atoms with E-state index in [4.69, 9.17) is 15.3 Å². The summed E-state index contributed by atoms with van der Waals surface area (Å²) in [5.74, 6) is 5.77. The average Bonchev–Trinajstić information content (AvgIpc) is 2.37. The largest absolute Gasteiger partial charge is 0.497 e. The Morgan fingerprint density at radius 1 is 1.29 bits per heavy atom. The van der Waals surface area contributed by atoms with Crippen LogP contribution in [0.25, 0.3) is 0 Å². The van der Waals surface area contributed by atoms with Crippen LogP contribution in [-0.4, -0.2) is 24.6 Å². The molecule has 92 valence electrons. The second kappa shape index (κ2) is 6.12. The fraction of sp³-hybridized carbons (Fsp3) is 0.200. The summed E-state index contributed by atoms with van der Waals surface area (Å²) >= 11 is 0.452. The van der Waals surface area contributed by atoms with E-state index in [-0.39, 0.29) is 5.56 Å². The topological polar surface area (TPSA) is 90.6 Å². The first-order valence-electron chi connectivity index (χ1n) is 4.57. The minimum Gasteiger partial charge on any atom is -0.497 e. The Hall–Kier alpha value is -1.73. The van der Waals surface area contributed by atoms with Crippen LogP contribution in [0, 0.1) is 0 Å². The van der Waals surface area contributed by atoms with E-state index in [1.165, 1.54) is 20.3 Å². The lowest BCUT2D eigenvalue weighted by atomic mass is 10.2. The summed E-state index contributed by atoms with van der Waals surface area (Å²) < 4.78 is 10.0. The van der Waals surface area contributed by atoms with Crippen LogP contribution in [0.3, 0.4) is 0 Å². The van der Waals surface area contributed by atoms with Gasteiger partial charge < -0.3 is 9.47 Å². The second-order valence-corrected chi connectivity index (χ2v) is 3.83. The Kier molecular flexibility index (Phi) is 4.80. The fourth-order valence-electron chi connectivity index (χ4n) is 1.14. The number of amides is 1. The van der Waals surface area contributed by atoms with Crippen molar-refractivity contribution in [3.8, 4) is 11.5 Å². The van der Waals surface area contributed by atoms with Crippen LogP contribution in [0.4, 0.5) is 4.79 Å². The highest BCUT2D eigenvalue weighted by Crippen LogP contribution is 2.27. The number of hydrazine groups is 1. The Morgan fingerprint density at radius 2 is 2.00 bits per heavy atom. The number of carbonyl (C=O) groups excluding carboxylic acids is 2. The van der Waals surface area contributed by atoms with Gasteiger partial charge in [-0.05, 0) is 18.2 Å². The summed E-state index contributed by atoms with van der Waals surface area (Å²) in [6.07, 6.45) is 0. The monoisotopic (exact) mass is 256 g/mol. The van der Waals surface area contributed by atoms with Crippen molar-refractivity contribution in [1.82, 2.24) is 5.43 Å². The SMILES string of the molecule is COc1ccc(OC)c(C(=O)SC(=O)NN)c1. The van der Waals surface area contributed by atoms with Crippen molar-refractivity contribution in [2.45, 2.75) is 0 Å². The van der Waals surface area contributed by atoms with Gasteiger partial charge in [-0.1, -0.05) is 0 Å². The van der Waals surface area contributed by atoms with Gasteiger partial charge >= 0.3 is 5.24 Å². The number of thioether (sulfide) groups is 1. The van der Waals surface area contributed by atoms with E-state index < -0.39 is 10.4 Å². The van der Waals surface area contributed by atoms with Gasteiger partial charge in [0.2, 0.25) is 5.12 Å². The molecule has 7 heteroatoms. The molecule has 0 bridgehead atoms. The molecule has 0 spiro atoms. The molecule has 1 amide bonds. The molecule has 0 radical (unpaired) electrons. The minimum atomic E-state index is -0.639. The zero-order chi connectivity index (χ0) is 12.8. The molecular formula is C10H12N2O4S. The Balaban J connectivity index is 3.01. The highest BCUT2D eigenvalue weighted by Gasteiger charge is 2.17. The van der Waals surface area contributed by atoms with Crippen molar-refractivity contribution in [2.75, 3.05) is 14.2 Å². The first-order chi connectivity index (χ1) is 8.12. The van der Waals surface area contributed by atoms with Crippen LogP contribution in [0.5, 0.6) is 11.5 Å². The zero-order valence-electron chi connectivity index (χ0n) is 9.35. The van der Waals surface area contributed by atoms with Gasteiger partial charge in [0.25, 0.3) is 0 Å². The molecule has 0 unspecified atom stereocenters. The quantitative estimate of drug-likeness (QED) is 0.479. The number of benzene rings is 1. The maximum Gasteiger partial charge on any atom is 0.300 e. The lowest BCUT2D eigenvalue weighted by Crippen LogP contribution is -2.27. The predicted octanol–water partition coefficient (Wildman–Crippen LogP) is 1.16. The molecule has 0 aliphatic heterocycles. The van der Waals surface area contributed by atoms with Gasteiger partial charge in [-0.25, -0.2) is 5.84 Å². The highest BCUT2D eigenvalue weighted by molar-refractivity contribution is 8.26. The van der Waals surface area contributed by atoms with Gasteiger partial charge in [-0.2, -0.15) is 0 Å². The summed E-state index contributed by atoms with van der Waals surface area (Å²) in [5.41, 5.74) is 2.11. The molecule has 0 saturated carbocycles. The zero-order valence-corrected chi connectivity index (χ0v) is 10.2. The van der Waals surface area contributed by atoms with E-state index in [0.29, 0.717) is 23.3 Å². The number of nitrogens with one attached hydrogen (secondary N) is 1. The molecule has 0 atom stereocenters. The third-order valence-electron chi connectivity index (χ3n) is 1.93. The first-order valence-corrected chi connectivity index (χ1v) is 5.38. The van der Waals surface area contributed by atoms with E-state index >= 15 is 0 Å². The van der Waals surface area contributed by atoms with Gasteiger partial charge in [0.15, 0.2) is 0 Å². The molecule has 0 aromatic heterocycles. The number of hydrogen-bond donors (Lipinski definition) is 2. The predicted molar refractivity (Wildman–Crippen MR) is 64.2 cm³/mol. The third kappa shape index (κ3) is 3.36. The lowest BCUT2D eigenvalue weighted by molar-refractivity contribution is 0.108. The first kappa shape index (κ1) is 13.3. The Morgan fingerprint density at radius 3 is 2.53 bits per heavy atom. The van der Waals surface area contributed by atoms with Crippen molar-refractivity contribution in [3.05, 3.63) is 23.8 Å². The van der Waals surface area contributed by atoms with Crippen LogP contribution in [-0.2, 0) is 0 Å². The van der Waals surface area contributed by atoms with Gasteiger partial charge in [0, 0.05) is 11.8 Å². The maximum absolute atomic E-state index is 11.8. The highest BCUT2D eigenvalue weighted by atomic mass is 32.2. The van der Waals surface area contributed by atoms with Crippen LogP contribution in [0.2, 0.25) is 0 Å². The van der Waals surface area contributed by atoms with Gasteiger partial charge in [-0.3, -0.25) is 15.0 Å². The van der Waals surface area contributed by atoms with Gasteiger partial charge in [-0.15, -0.1) is 0 Å². The van der Waals surface area contributed by atoms with Crippen LogP contribution >= 0.6 is 11.8 Å². The molecule has 0 aliphatic carbocycles. The summed E-state index contributed by atoms with van der Waals surface area (Å²) in [5, 5.41) is -1.11. The number of nitrogens with two attached hydrogens (primary N) is 1. The summed E-state index contributed by atoms with van der Waals surface area (Å²) in [6, 6.07) is 4.74. The smallest absolute Gasteiger partial charge is 0.300 e. The molecule has 0 heterocycles. The molecule has 1 rings (SSSR count). The number of hydrogen-bond acceptors (Lipinski definition) is 6. The van der Waals surface area contributed by atoms with Crippen molar-refractivity contribution in [2.24, 2.45) is 5.84 Å². The molecular weight excluding hydrogens is 244 g/mol. The third-order valence-corrected chi connectivity index (χ3v) is 2.64. The molecule has 17 heavy (non-hydrogen) atoms. The van der Waals surface area contributed by atoms with Crippen LogP contribution < -0.4 is 20.7 Å². The molecule has 3 N–H and O–H groups in total. The maximum atomic E-state index is 11.8. The number of methoxy groups -OCH3 is 2. The summed E-state index contributed by atoms with van der Waals surface area (Å²) in [6.45, 7) is 0. The molecule has 1 aromatic carbocycles. The molecule has 6 nitrogen and oxygen atoms in total. The van der Waals surface area contributed by atoms with E-state index in [1.54, 1.807) is 12.1 Å². The van der Waals surface area contributed by atoms with Gasteiger partial charge in [0.1, 0.15) is 11.5 Å². The lowest BCUT2D eigenvalue weighted by Gasteiger charge is -2.08. The number of rotatable bonds is 3. The average molecular weight is 256 g/mol. The molecule has 0 aliphatic rings. The Labute approximate surface area is 102 Å². The van der Waals surface area contributed by atoms with E-state index in [1.807, 2.05) is 5.43 Å². The summed E-state index contributed by atoms with van der Waals surface area (Å²) in [7, 11) is 2.92. The van der Waals surface area contributed by atoms with E-state index in [9.17, 15) is 9.59 Å². The molecule has 0 saturated heterocycles. The van der Waals surface area contributed by atoms with Crippen LogP contribution in [0.1, 0.15) is 10.4 Å². The van der Waals surface area contributed by atoms with Crippen molar-refractivity contribution in [3.63, 3.8) is 0 Å². The van der Waals surface area contributed by atoms with Crippen LogP contribution in [0.15, 0.2) is 18.2 Å². The molecule has 1 aromatic rings. The second-order valence-electron chi connectivity index (χ2n) is 2.89. The number of ether oxygens (including phenoxy) is 2. The summed E-state index contributed by atoms with van der Waals surface area (Å²) in [4.78, 5) is 22.8. The van der Waals surface area contributed by atoms with Gasteiger partial charge in [0.05, 0.1) is 19.8 Å². The normalized spacial score (nSPS) is 9.59. The van der Waals surface area contributed by atoms with Crippen molar-refractivity contribution >= 4 is 22.1 Å². The van der Waals surface area contributed by atoms with Crippen molar-refractivity contribution < 1.29 is 19.1 Å².